The number of rotatable bonds is 4. The van der Waals surface area contributed by atoms with Crippen molar-refractivity contribution in [2.75, 3.05) is 32.7 Å². The molecule has 0 bridgehead atoms. The highest BCUT2D eigenvalue weighted by molar-refractivity contribution is 6.30. The molecule has 0 spiro atoms. The van der Waals surface area contributed by atoms with E-state index in [0.717, 1.165) is 12.0 Å². The van der Waals surface area contributed by atoms with Crippen molar-refractivity contribution >= 4 is 29.3 Å². The van der Waals surface area contributed by atoms with Crippen molar-refractivity contribution in [1.82, 2.24) is 14.7 Å². The van der Waals surface area contributed by atoms with Crippen molar-refractivity contribution < 1.29 is 14.4 Å². The number of aryl methyl sites for hydroxylation is 1. The fourth-order valence-corrected chi connectivity index (χ4v) is 4.35. The standard InChI is InChI=1S/C23H32ClN3O3/c1-23(2,3)27-16-18(15-21(27)29)22(30)26-12-4-11-25(13-14-26)20(28)10-7-17-5-8-19(24)9-6-17/h5-6,8-9,18H,4,7,10-16H2,1-3H3. The molecule has 1 aromatic rings. The summed E-state index contributed by atoms with van der Waals surface area (Å²) in [7, 11) is 0. The summed E-state index contributed by atoms with van der Waals surface area (Å²) in [6.07, 6.45) is 2.19. The molecule has 0 radical (unpaired) electrons. The summed E-state index contributed by atoms with van der Waals surface area (Å²) in [5.41, 5.74) is 0.826. The zero-order valence-electron chi connectivity index (χ0n) is 18.2. The minimum atomic E-state index is -0.274. The van der Waals surface area contributed by atoms with Crippen LogP contribution in [0.4, 0.5) is 0 Å². The Balaban J connectivity index is 1.50. The van der Waals surface area contributed by atoms with Gasteiger partial charge < -0.3 is 14.7 Å². The van der Waals surface area contributed by atoms with Crippen molar-refractivity contribution in [2.24, 2.45) is 5.92 Å². The van der Waals surface area contributed by atoms with Gasteiger partial charge in [0.05, 0.1) is 5.92 Å². The third-order valence-corrected chi connectivity index (χ3v) is 6.24. The van der Waals surface area contributed by atoms with Crippen LogP contribution in [-0.2, 0) is 20.8 Å². The van der Waals surface area contributed by atoms with Crippen LogP contribution in [0.3, 0.4) is 0 Å². The average molecular weight is 434 g/mol. The van der Waals surface area contributed by atoms with E-state index in [1.165, 1.54) is 0 Å². The van der Waals surface area contributed by atoms with E-state index in [0.29, 0.717) is 50.6 Å². The molecule has 0 saturated carbocycles. The summed E-state index contributed by atoms with van der Waals surface area (Å²) in [6.45, 7) is 8.87. The maximum absolute atomic E-state index is 13.0. The Bertz CT molecular complexity index is 788. The van der Waals surface area contributed by atoms with Gasteiger partial charge in [-0.3, -0.25) is 14.4 Å². The van der Waals surface area contributed by atoms with Gasteiger partial charge in [0, 0.05) is 56.1 Å². The smallest absolute Gasteiger partial charge is 0.228 e. The van der Waals surface area contributed by atoms with E-state index >= 15 is 0 Å². The van der Waals surface area contributed by atoms with Crippen molar-refractivity contribution in [2.45, 2.75) is 52.0 Å². The predicted molar refractivity (Wildman–Crippen MR) is 117 cm³/mol. The molecule has 1 unspecified atom stereocenters. The maximum Gasteiger partial charge on any atom is 0.228 e. The van der Waals surface area contributed by atoms with Crippen molar-refractivity contribution in [1.29, 1.82) is 0 Å². The molecular formula is C23H32ClN3O3. The van der Waals surface area contributed by atoms with E-state index in [1.807, 2.05) is 54.8 Å². The molecular weight excluding hydrogens is 402 g/mol. The van der Waals surface area contributed by atoms with Gasteiger partial charge >= 0.3 is 0 Å². The fraction of sp³-hybridized carbons (Fsp3) is 0.609. The van der Waals surface area contributed by atoms with Crippen LogP contribution >= 0.6 is 11.6 Å². The van der Waals surface area contributed by atoms with Gasteiger partial charge in [0.1, 0.15) is 0 Å². The fourth-order valence-electron chi connectivity index (χ4n) is 4.23. The molecule has 30 heavy (non-hydrogen) atoms. The first-order chi connectivity index (χ1) is 14.1. The molecule has 3 rings (SSSR count). The largest absolute Gasteiger partial charge is 0.341 e. The number of hydrogen-bond acceptors (Lipinski definition) is 3. The monoisotopic (exact) mass is 433 g/mol. The third kappa shape index (κ3) is 5.54. The molecule has 2 aliphatic rings. The number of likely N-dealkylation sites (tertiary alicyclic amines) is 1. The molecule has 0 N–H and O–H groups in total. The average Bonchev–Trinajstić information content (AvgIpc) is 2.93. The summed E-state index contributed by atoms with van der Waals surface area (Å²) < 4.78 is 0. The second-order valence-corrected chi connectivity index (χ2v) is 9.70. The molecule has 2 aliphatic heterocycles. The van der Waals surface area contributed by atoms with E-state index in [2.05, 4.69) is 0 Å². The zero-order valence-corrected chi connectivity index (χ0v) is 19.0. The Morgan fingerprint density at radius 3 is 2.30 bits per heavy atom. The SMILES string of the molecule is CC(C)(C)N1CC(C(=O)N2CCCN(C(=O)CCc3ccc(Cl)cc3)CC2)CC1=O. The molecule has 2 heterocycles. The van der Waals surface area contributed by atoms with Gasteiger partial charge in [0.25, 0.3) is 0 Å². The van der Waals surface area contributed by atoms with Crippen LogP contribution in [0.15, 0.2) is 24.3 Å². The maximum atomic E-state index is 13.0. The Morgan fingerprint density at radius 1 is 1.03 bits per heavy atom. The summed E-state index contributed by atoms with van der Waals surface area (Å²) in [6, 6.07) is 7.57. The lowest BCUT2D eigenvalue weighted by molar-refractivity contribution is -0.136. The number of hydrogen-bond donors (Lipinski definition) is 0. The van der Waals surface area contributed by atoms with Crippen LogP contribution in [0.25, 0.3) is 0 Å². The molecule has 3 amide bonds. The van der Waals surface area contributed by atoms with E-state index in [4.69, 9.17) is 11.6 Å². The Hall–Kier alpha value is -2.08. The Morgan fingerprint density at radius 2 is 1.67 bits per heavy atom. The quantitative estimate of drug-likeness (QED) is 0.733. The Labute approximate surface area is 184 Å². The molecule has 0 aliphatic carbocycles. The molecule has 7 heteroatoms. The molecule has 1 atom stereocenters. The van der Waals surface area contributed by atoms with E-state index in [1.54, 1.807) is 4.90 Å². The second-order valence-electron chi connectivity index (χ2n) is 9.26. The van der Waals surface area contributed by atoms with Gasteiger partial charge in [-0.15, -0.1) is 0 Å². The van der Waals surface area contributed by atoms with Gasteiger partial charge in [0.15, 0.2) is 0 Å². The van der Waals surface area contributed by atoms with E-state index in [9.17, 15) is 14.4 Å². The molecule has 1 aromatic carbocycles. The number of amides is 3. The molecule has 2 saturated heterocycles. The summed E-state index contributed by atoms with van der Waals surface area (Å²) in [4.78, 5) is 43.5. The topological polar surface area (TPSA) is 60.9 Å². The lowest BCUT2D eigenvalue weighted by Crippen LogP contribution is -2.44. The first-order valence-electron chi connectivity index (χ1n) is 10.8. The minimum Gasteiger partial charge on any atom is -0.341 e. The summed E-state index contributed by atoms with van der Waals surface area (Å²) in [5, 5.41) is 0.692. The van der Waals surface area contributed by atoms with Crippen LogP contribution in [-0.4, -0.2) is 70.7 Å². The van der Waals surface area contributed by atoms with Crippen molar-refractivity contribution in [3.05, 3.63) is 34.9 Å². The second kappa shape index (κ2) is 9.38. The van der Waals surface area contributed by atoms with Crippen LogP contribution < -0.4 is 0 Å². The van der Waals surface area contributed by atoms with Gasteiger partial charge in [0.2, 0.25) is 17.7 Å². The van der Waals surface area contributed by atoms with Gasteiger partial charge in [-0.05, 0) is 51.3 Å². The summed E-state index contributed by atoms with van der Waals surface area (Å²) in [5.74, 6) is -0.0571. The van der Waals surface area contributed by atoms with Crippen LogP contribution in [0.2, 0.25) is 5.02 Å². The highest BCUT2D eigenvalue weighted by Crippen LogP contribution is 2.27. The van der Waals surface area contributed by atoms with Crippen LogP contribution in [0, 0.1) is 5.92 Å². The number of carbonyl (C=O) groups is 3. The van der Waals surface area contributed by atoms with Crippen molar-refractivity contribution in [3.8, 4) is 0 Å². The normalized spacial score (nSPS) is 20.5. The summed E-state index contributed by atoms with van der Waals surface area (Å²) >= 11 is 5.91. The van der Waals surface area contributed by atoms with Crippen LogP contribution in [0.5, 0.6) is 0 Å². The first kappa shape index (κ1) is 22.6. The Kier molecular flexibility index (Phi) is 7.06. The molecule has 6 nitrogen and oxygen atoms in total. The van der Waals surface area contributed by atoms with Gasteiger partial charge in [-0.2, -0.15) is 0 Å². The number of nitrogens with zero attached hydrogens (tertiary/aromatic N) is 3. The van der Waals surface area contributed by atoms with Crippen LogP contribution in [0.1, 0.15) is 45.6 Å². The number of halogens is 1. The number of benzene rings is 1. The van der Waals surface area contributed by atoms with Crippen molar-refractivity contribution in [3.63, 3.8) is 0 Å². The van der Waals surface area contributed by atoms with Gasteiger partial charge in [-0.25, -0.2) is 0 Å². The molecule has 0 aromatic heterocycles. The van der Waals surface area contributed by atoms with E-state index in [-0.39, 0.29) is 35.6 Å². The first-order valence-corrected chi connectivity index (χ1v) is 11.1. The predicted octanol–water partition coefficient (Wildman–Crippen LogP) is 2.98. The lowest BCUT2D eigenvalue weighted by Gasteiger charge is -2.32. The number of carbonyl (C=O) groups excluding carboxylic acids is 3. The minimum absolute atomic E-state index is 0.0468. The molecule has 2 fully saturated rings. The zero-order chi connectivity index (χ0) is 21.9. The van der Waals surface area contributed by atoms with E-state index < -0.39 is 0 Å². The lowest BCUT2D eigenvalue weighted by atomic mass is 10.1. The highest BCUT2D eigenvalue weighted by Gasteiger charge is 2.41. The molecule has 164 valence electrons. The third-order valence-electron chi connectivity index (χ3n) is 5.99. The highest BCUT2D eigenvalue weighted by atomic mass is 35.5. The van der Waals surface area contributed by atoms with Gasteiger partial charge in [-0.1, -0.05) is 23.7 Å².